The molecule has 2 unspecified atom stereocenters. The van der Waals surface area contributed by atoms with E-state index in [0.717, 1.165) is 57.1 Å². The van der Waals surface area contributed by atoms with E-state index in [0.29, 0.717) is 18.8 Å². The standard InChI is InChI=1S/C20H36N2O3/c1-3-5-7-10-16(23)14-21-18-12-9-13-19(25)20(18)22-15-17(24)11-8-6-4-2/h9,12-13,16-17,21-25H,3-8,10-11,14-15H2,1-2H3. The minimum atomic E-state index is -0.432. The van der Waals surface area contributed by atoms with E-state index in [4.69, 9.17) is 0 Å². The molecular weight excluding hydrogens is 316 g/mol. The van der Waals surface area contributed by atoms with Crippen molar-refractivity contribution >= 4 is 11.4 Å². The fourth-order valence-corrected chi connectivity index (χ4v) is 2.78. The molecular formula is C20H36N2O3. The van der Waals surface area contributed by atoms with Gasteiger partial charge in [-0.15, -0.1) is 0 Å². The van der Waals surface area contributed by atoms with Crippen LogP contribution in [0.15, 0.2) is 18.2 Å². The van der Waals surface area contributed by atoms with Gasteiger partial charge in [-0.3, -0.25) is 0 Å². The number of unbranched alkanes of at least 4 members (excludes halogenated alkanes) is 4. The average Bonchev–Trinajstić information content (AvgIpc) is 2.59. The highest BCUT2D eigenvalue weighted by atomic mass is 16.3. The molecule has 25 heavy (non-hydrogen) atoms. The molecule has 0 bridgehead atoms. The second-order valence-corrected chi connectivity index (χ2v) is 6.76. The topological polar surface area (TPSA) is 84.8 Å². The normalized spacial score (nSPS) is 13.4. The largest absolute Gasteiger partial charge is 0.506 e. The third-order valence-corrected chi connectivity index (χ3v) is 4.37. The second kappa shape index (κ2) is 12.8. The molecule has 1 aromatic carbocycles. The first-order valence-electron chi connectivity index (χ1n) is 9.74. The van der Waals surface area contributed by atoms with E-state index in [1.54, 1.807) is 12.1 Å². The Kier molecular flexibility index (Phi) is 11.1. The van der Waals surface area contributed by atoms with Gasteiger partial charge in [0.05, 0.1) is 17.9 Å². The monoisotopic (exact) mass is 352 g/mol. The Balaban J connectivity index is 2.50. The lowest BCUT2D eigenvalue weighted by Gasteiger charge is -2.19. The quantitative estimate of drug-likeness (QED) is 0.257. The van der Waals surface area contributed by atoms with E-state index < -0.39 is 12.2 Å². The highest BCUT2D eigenvalue weighted by molar-refractivity contribution is 5.75. The molecule has 0 heterocycles. The zero-order valence-electron chi connectivity index (χ0n) is 15.8. The van der Waals surface area contributed by atoms with Gasteiger partial charge in [0, 0.05) is 13.1 Å². The van der Waals surface area contributed by atoms with E-state index in [1.165, 1.54) is 0 Å². The van der Waals surface area contributed by atoms with Crippen molar-refractivity contribution in [1.29, 1.82) is 0 Å². The number of benzene rings is 1. The number of aromatic hydroxyl groups is 1. The maximum atomic E-state index is 10.1. The molecule has 0 amide bonds. The van der Waals surface area contributed by atoms with Crippen LogP contribution in [0.1, 0.15) is 65.2 Å². The molecule has 2 atom stereocenters. The predicted octanol–water partition coefficient (Wildman–Crippen LogP) is 4.10. The van der Waals surface area contributed by atoms with E-state index in [-0.39, 0.29) is 5.75 Å². The van der Waals surface area contributed by atoms with Crippen LogP contribution in [0.25, 0.3) is 0 Å². The summed E-state index contributed by atoms with van der Waals surface area (Å²) < 4.78 is 0. The minimum absolute atomic E-state index is 0.145. The Bertz CT molecular complexity index is 468. The van der Waals surface area contributed by atoms with Gasteiger partial charge in [-0.1, -0.05) is 58.4 Å². The van der Waals surface area contributed by atoms with Crippen molar-refractivity contribution in [2.24, 2.45) is 0 Å². The molecule has 0 saturated carbocycles. The molecule has 0 fully saturated rings. The molecule has 0 spiro atoms. The third kappa shape index (κ3) is 8.98. The Morgan fingerprint density at radius 3 is 1.96 bits per heavy atom. The summed E-state index contributed by atoms with van der Waals surface area (Å²) >= 11 is 0. The number of phenolic OH excluding ortho intramolecular Hbond substituents is 1. The van der Waals surface area contributed by atoms with Crippen molar-refractivity contribution in [3.05, 3.63) is 18.2 Å². The van der Waals surface area contributed by atoms with Gasteiger partial charge in [-0.05, 0) is 25.0 Å². The first-order chi connectivity index (χ1) is 12.1. The Hall–Kier alpha value is -1.46. The zero-order chi connectivity index (χ0) is 18.5. The van der Waals surface area contributed by atoms with E-state index in [1.807, 2.05) is 6.07 Å². The number of rotatable bonds is 14. The number of hydrogen-bond donors (Lipinski definition) is 5. The van der Waals surface area contributed by atoms with Crippen molar-refractivity contribution in [1.82, 2.24) is 0 Å². The number of anilines is 2. The molecule has 0 aliphatic carbocycles. The van der Waals surface area contributed by atoms with Crippen molar-refractivity contribution < 1.29 is 15.3 Å². The van der Waals surface area contributed by atoms with Gasteiger partial charge in [0.15, 0.2) is 0 Å². The van der Waals surface area contributed by atoms with E-state index >= 15 is 0 Å². The Labute approximate surface area is 152 Å². The lowest BCUT2D eigenvalue weighted by molar-refractivity contribution is 0.172. The van der Waals surface area contributed by atoms with Gasteiger partial charge in [-0.2, -0.15) is 0 Å². The number of para-hydroxylation sites is 1. The first kappa shape index (κ1) is 21.6. The molecule has 5 N–H and O–H groups in total. The maximum Gasteiger partial charge on any atom is 0.140 e. The third-order valence-electron chi connectivity index (χ3n) is 4.37. The second-order valence-electron chi connectivity index (χ2n) is 6.76. The molecule has 1 aromatic rings. The van der Waals surface area contributed by atoms with Crippen molar-refractivity contribution in [3.63, 3.8) is 0 Å². The molecule has 5 heteroatoms. The van der Waals surface area contributed by atoms with Crippen LogP contribution < -0.4 is 10.6 Å². The smallest absolute Gasteiger partial charge is 0.140 e. The summed E-state index contributed by atoms with van der Waals surface area (Å²) in [6.07, 6.45) is 7.26. The van der Waals surface area contributed by atoms with Crippen LogP contribution in [0.4, 0.5) is 11.4 Å². The summed E-state index contributed by atoms with van der Waals surface area (Å²) in [5.74, 6) is 0.145. The molecule has 0 aromatic heterocycles. The summed E-state index contributed by atoms with van der Waals surface area (Å²) in [6.45, 7) is 5.13. The molecule has 0 aliphatic heterocycles. The van der Waals surface area contributed by atoms with Crippen LogP contribution in [-0.2, 0) is 0 Å². The zero-order valence-corrected chi connectivity index (χ0v) is 15.8. The molecule has 1 rings (SSSR count). The lowest BCUT2D eigenvalue weighted by atomic mass is 10.1. The van der Waals surface area contributed by atoms with Crippen LogP contribution >= 0.6 is 0 Å². The van der Waals surface area contributed by atoms with Crippen LogP contribution in [0.3, 0.4) is 0 Å². The minimum Gasteiger partial charge on any atom is -0.506 e. The number of aliphatic hydroxyl groups excluding tert-OH is 2. The molecule has 0 radical (unpaired) electrons. The van der Waals surface area contributed by atoms with Crippen molar-refractivity contribution in [2.75, 3.05) is 23.7 Å². The SMILES string of the molecule is CCCCCC(O)CNc1cccc(O)c1NCC(O)CCCCC. The molecule has 144 valence electrons. The number of hydrogen-bond acceptors (Lipinski definition) is 5. The lowest BCUT2D eigenvalue weighted by Crippen LogP contribution is -2.22. The summed E-state index contributed by atoms with van der Waals surface area (Å²) in [4.78, 5) is 0. The predicted molar refractivity (Wildman–Crippen MR) is 105 cm³/mol. The molecule has 0 aliphatic rings. The van der Waals surface area contributed by atoms with Gasteiger partial charge in [0.1, 0.15) is 11.4 Å². The van der Waals surface area contributed by atoms with Crippen LogP contribution in [-0.4, -0.2) is 40.6 Å². The van der Waals surface area contributed by atoms with Gasteiger partial charge >= 0.3 is 0 Å². The van der Waals surface area contributed by atoms with Gasteiger partial charge in [0.2, 0.25) is 0 Å². The summed E-state index contributed by atoms with van der Waals surface area (Å²) in [7, 11) is 0. The number of phenols is 1. The average molecular weight is 353 g/mol. The van der Waals surface area contributed by atoms with Crippen LogP contribution in [0, 0.1) is 0 Å². The Morgan fingerprint density at radius 2 is 1.40 bits per heavy atom. The van der Waals surface area contributed by atoms with E-state index in [2.05, 4.69) is 24.5 Å². The fourth-order valence-electron chi connectivity index (χ4n) is 2.78. The van der Waals surface area contributed by atoms with Crippen molar-refractivity contribution in [3.8, 4) is 5.75 Å². The van der Waals surface area contributed by atoms with E-state index in [9.17, 15) is 15.3 Å². The van der Waals surface area contributed by atoms with Crippen molar-refractivity contribution in [2.45, 2.75) is 77.4 Å². The summed E-state index contributed by atoms with van der Waals surface area (Å²) in [6, 6.07) is 5.25. The highest BCUT2D eigenvalue weighted by Crippen LogP contribution is 2.31. The summed E-state index contributed by atoms with van der Waals surface area (Å²) in [5, 5.41) is 36.6. The molecule has 0 saturated heterocycles. The number of nitrogens with one attached hydrogen (secondary N) is 2. The maximum absolute atomic E-state index is 10.1. The summed E-state index contributed by atoms with van der Waals surface area (Å²) in [5.41, 5.74) is 1.33. The fraction of sp³-hybridized carbons (Fsp3) is 0.700. The molecule has 5 nitrogen and oxygen atoms in total. The Morgan fingerprint density at radius 1 is 0.840 bits per heavy atom. The van der Waals surface area contributed by atoms with Gasteiger partial charge in [-0.25, -0.2) is 0 Å². The van der Waals surface area contributed by atoms with Crippen LogP contribution in [0.5, 0.6) is 5.75 Å². The highest BCUT2D eigenvalue weighted by Gasteiger charge is 2.11. The van der Waals surface area contributed by atoms with Gasteiger partial charge in [0.25, 0.3) is 0 Å². The first-order valence-corrected chi connectivity index (χ1v) is 9.74. The number of aliphatic hydroxyl groups is 2. The van der Waals surface area contributed by atoms with Crippen LogP contribution in [0.2, 0.25) is 0 Å². The van der Waals surface area contributed by atoms with Gasteiger partial charge < -0.3 is 26.0 Å².